The van der Waals surface area contributed by atoms with E-state index < -0.39 is 46.4 Å². The van der Waals surface area contributed by atoms with Crippen molar-refractivity contribution in [3.05, 3.63) is 59.7 Å². The van der Waals surface area contributed by atoms with Crippen molar-refractivity contribution in [1.29, 1.82) is 0 Å². The molecular weight excluding hydrogens is 793 g/mol. The third-order valence-corrected chi connectivity index (χ3v) is 10.9. The van der Waals surface area contributed by atoms with Gasteiger partial charge in [0.15, 0.2) is 0 Å². The van der Waals surface area contributed by atoms with Crippen molar-refractivity contribution in [2.75, 3.05) is 49.1 Å². The number of carbonyl (C=O) groups is 6. The van der Waals surface area contributed by atoms with Crippen molar-refractivity contribution in [3.63, 3.8) is 0 Å². The number of piperazine rings is 1. The maximum Gasteiger partial charge on any atom is 0.410 e. The number of likely N-dealkylation sites (tertiary alicyclic amines) is 2. The Morgan fingerprint density at radius 3 is 1.21 bits per heavy atom. The minimum atomic E-state index is -0.715. The van der Waals surface area contributed by atoms with Gasteiger partial charge >= 0.3 is 24.1 Å². The van der Waals surface area contributed by atoms with E-state index in [-0.39, 0.29) is 48.7 Å². The molecule has 14 nitrogen and oxygen atoms in total. The second-order valence-electron chi connectivity index (χ2n) is 20.9. The average molecular weight is 861 g/mol. The zero-order chi connectivity index (χ0) is 45.9. The third-order valence-electron chi connectivity index (χ3n) is 10.9. The first-order valence-corrected chi connectivity index (χ1v) is 21.8. The monoisotopic (exact) mass is 860 g/mol. The van der Waals surface area contributed by atoms with Crippen LogP contribution < -0.4 is 9.80 Å². The van der Waals surface area contributed by atoms with Gasteiger partial charge in [0.1, 0.15) is 35.5 Å². The highest BCUT2D eigenvalue weighted by atomic mass is 16.6. The lowest BCUT2D eigenvalue weighted by molar-refractivity contribution is -0.163. The fraction of sp³-hybridized carbons (Fsp3) is 0.625. The molecule has 3 aliphatic heterocycles. The van der Waals surface area contributed by atoms with Crippen LogP contribution >= 0.6 is 0 Å². The third kappa shape index (κ3) is 13.4. The second-order valence-corrected chi connectivity index (χ2v) is 20.9. The predicted molar refractivity (Wildman–Crippen MR) is 235 cm³/mol. The lowest BCUT2D eigenvalue weighted by Crippen LogP contribution is -2.54. The zero-order valence-corrected chi connectivity index (χ0v) is 38.9. The minimum Gasteiger partial charge on any atom is -0.460 e. The summed E-state index contributed by atoms with van der Waals surface area (Å²) in [7, 11) is 0. The topological polar surface area (TPSA) is 152 Å². The highest BCUT2D eigenvalue weighted by Crippen LogP contribution is 2.34. The van der Waals surface area contributed by atoms with E-state index in [2.05, 4.69) is 0 Å². The standard InChI is InChI=1S/C48H68N4O10/c1-45(2,3)59-41(55)37(33-19-21-49(27-33)43(57)61-47(7,8)9)25-31-15-13-17-35(23-31)51-29-40(54)52(30-39(51)53)36-18-14-16-32(24-36)26-38(42(56)60-46(4,5)6)34-20-22-50(28-34)44(58)62-48(10,11)12/h13-18,23-24,33-34,37-38H,19-22,25-30H2,1-12H3/t33-,34-,37-,38-/m0/s1. The van der Waals surface area contributed by atoms with Crippen molar-refractivity contribution >= 4 is 47.3 Å². The number of esters is 2. The Morgan fingerprint density at radius 1 is 0.548 bits per heavy atom. The summed E-state index contributed by atoms with van der Waals surface area (Å²) in [5.41, 5.74) is -0.0621. The molecule has 62 heavy (non-hydrogen) atoms. The van der Waals surface area contributed by atoms with Crippen LogP contribution in [0.1, 0.15) is 107 Å². The normalized spacial score (nSPS) is 19.9. The summed E-state index contributed by atoms with van der Waals surface area (Å²) in [6, 6.07) is 14.6. The Balaban J connectivity index is 1.30. The quantitative estimate of drug-likeness (QED) is 0.173. The molecule has 340 valence electrons. The van der Waals surface area contributed by atoms with Crippen LogP contribution in [-0.4, -0.2) is 107 Å². The summed E-state index contributed by atoms with van der Waals surface area (Å²) in [4.78, 5) is 87.2. The number of benzene rings is 2. The number of hydrogen-bond donors (Lipinski definition) is 0. The largest absolute Gasteiger partial charge is 0.460 e. The number of hydrogen-bond acceptors (Lipinski definition) is 10. The number of anilines is 2. The van der Waals surface area contributed by atoms with Crippen molar-refractivity contribution in [2.24, 2.45) is 23.7 Å². The van der Waals surface area contributed by atoms with E-state index >= 15 is 0 Å². The van der Waals surface area contributed by atoms with E-state index in [1.54, 1.807) is 21.9 Å². The number of rotatable bonds is 10. The van der Waals surface area contributed by atoms with Crippen LogP contribution in [0.2, 0.25) is 0 Å². The highest BCUT2D eigenvalue weighted by molar-refractivity contribution is 6.12. The van der Waals surface area contributed by atoms with Gasteiger partial charge in [-0.2, -0.15) is 0 Å². The van der Waals surface area contributed by atoms with Crippen LogP contribution in [0.4, 0.5) is 21.0 Å². The van der Waals surface area contributed by atoms with Crippen LogP contribution in [0.5, 0.6) is 0 Å². The van der Waals surface area contributed by atoms with E-state index in [1.165, 1.54) is 9.80 Å². The molecule has 0 radical (unpaired) electrons. The van der Waals surface area contributed by atoms with E-state index in [1.807, 2.05) is 119 Å². The molecule has 0 spiro atoms. The van der Waals surface area contributed by atoms with Gasteiger partial charge in [0.05, 0.1) is 11.8 Å². The summed E-state index contributed by atoms with van der Waals surface area (Å²) < 4.78 is 23.0. The smallest absolute Gasteiger partial charge is 0.410 e. The van der Waals surface area contributed by atoms with Crippen molar-refractivity contribution in [1.82, 2.24) is 9.80 Å². The molecule has 2 aromatic rings. The number of ether oxygens (including phenoxy) is 4. The molecule has 0 N–H and O–H groups in total. The fourth-order valence-corrected chi connectivity index (χ4v) is 8.15. The predicted octanol–water partition coefficient (Wildman–Crippen LogP) is 7.58. The second kappa shape index (κ2) is 18.7. The Morgan fingerprint density at radius 2 is 0.887 bits per heavy atom. The van der Waals surface area contributed by atoms with Crippen LogP contribution in [0.3, 0.4) is 0 Å². The Hall–Kier alpha value is -5.14. The molecule has 0 saturated carbocycles. The molecule has 0 bridgehead atoms. The molecule has 3 heterocycles. The number of nitrogens with zero attached hydrogens (tertiary/aromatic N) is 4. The lowest BCUT2D eigenvalue weighted by atomic mass is 9.85. The van der Waals surface area contributed by atoms with E-state index in [4.69, 9.17) is 18.9 Å². The Labute approximate surface area is 367 Å². The van der Waals surface area contributed by atoms with Crippen LogP contribution in [-0.2, 0) is 51.0 Å². The molecule has 4 amide bonds. The van der Waals surface area contributed by atoms with Crippen molar-refractivity contribution in [3.8, 4) is 0 Å². The molecule has 14 heteroatoms. The van der Waals surface area contributed by atoms with Gasteiger partial charge in [0, 0.05) is 37.6 Å². The van der Waals surface area contributed by atoms with Gasteiger partial charge in [-0.1, -0.05) is 24.3 Å². The number of carbonyl (C=O) groups excluding carboxylic acids is 6. The molecular formula is C48H68N4O10. The van der Waals surface area contributed by atoms with Crippen LogP contribution in [0, 0.1) is 23.7 Å². The molecule has 3 saturated heterocycles. The SMILES string of the molecule is CC(C)(C)OC(=O)[C@@H](Cc1cccc(N2CC(=O)N(c3cccc(C[C@H](C(=O)OC(C)(C)C)[C@H]4CCN(C(=O)OC(C)(C)C)C4)c3)CC2=O)c1)[C@H]1CCN(C(=O)OC(C)(C)C)C1. The zero-order valence-electron chi connectivity index (χ0n) is 38.9. The van der Waals surface area contributed by atoms with E-state index in [9.17, 15) is 28.8 Å². The van der Waals surface area contributed by atoms with Crippen LogP contribution in [0.15, 0.2) is 48.5 Å². The molecule has 3 fully saturated rings. The summed E-state index contributed by atoms with van der Waals surface area (Å²) >= 11 is 0. The Kier molecular flexibility index (Phi) is 14.4. The first-order valence-electron chi connectivity index (χ1n) is 21.8. The first kappa shape index (κ1) is 47.9. The molecule has 0 unspecified atom stereocenters. The maximum atomic E-state index is 13.9. The summed E-state index contributed by atoms with van der Waals surface area (Å²) in [5, 5.41) is 0. The summed E-state index contributed by atoms with van der Waals surface area (Å²) in [6.07, 6.45) is 1.01. The van der Waals surface area contributed by atoms with Gasteiger partial charge in [-0.25, -0.2) is 9.59 Å². The molecule has 0 aliphatic carbocycles. The summed E-state index contributed by atoms with van der Waals surface area (Å²) in [5.74, 6) is -2.74. The van der Waals surface area contributed by atoms with E-state index in [0.29, 0.717) is 63.2 Å². The summed E-state index contributed by atoms with van der Waals surface area (Å²) in [6.45, 7) is 23.1. The number of amides is 4. The van der Waals surface area contributed by atoms with Gasteiger partial charge in [0.25, 0.3) is 0 Å². The fourth-order valence-electron chi connectivity index (χ4n) is 8.15. The molecule has 3 aliphatic rings. The lowest BCUT2D eigenvalue weighted by Gasteiger charge is -2.34. The van der Waals surface area contributed by atoms with Gasteiger partial charge in [0.2, 0.25) is 11.8 Å². The van der Waals surface area contributed by atoms with E-state index in [0.717, 1.165) is 11.1 Å². The highest BCUT2D eigenvalue weighted by Gasteiger charge is 2.41. The van der Waals surface area contributed by atoms with Gasteiger partial charge in [-0.05, 0) is 156 Å². The molecule has 5 rings (SSSR count). The van der Waals surface area contributed by atoms with Gasteiger partial charge in [-0.3, -0.25) is 19.2 Å². The van der Waals surface area contributed by atoms with Crippen LogP contribution in [0.25, 0.3) is 0 Å². The van der Waals surface area contributed by atoms with Crippen molar-refractivity contribution in [2.45, 2.75) is 131 Å². The molecule has 0 aromatic heterocycles. The maximum absolute atomic E-state index is 13.9. The Bertz CT molecular complexity index is 1850. The molecule has 2 aromatic carbocycles. The van der Waals surface area contributed by atoms with Gasteiger partial charge < -0.3 is 38.5 Å². The van der Waals surface area contributed by atoms with Crippen molar-refractivity contribution < 1.29 is 47.7 Å². The van der Waals surface area contributed by atoms with Gasteiger partial charge in [-0.15, -0.1) is 0 Å². The first-order chi connectivity index (χ1) is 28.6. The minimum absolute atomic E-state index is 0.173. The average Bonchev–Trinajstić information content (AvgIpc) is 3.82. The molecule has 4 atom stereocenters.